The molecule has 8 nitrogen and oxygen atoms in total. The lowest BCUT2D eigenvalue weighted by Gasteiger charge is -2.14. The maximum atomic E-state index is 13.4. The molecule has 2 heterocycles. The second kappa shape index (κ2) is 8.85. The second-order valence-electron chi connectivity index (χ2n) is 7.89. The minimum absolute atomic E-state index is 0.195. The molecule has 168 valence electrons. The fourth-order valence-electron chi connectivity index (χ4n) is 4.07. The number of aromatic amines is 1. The summed E-state index contributed by atoms with van der Waals surface area (Å²) in [4.78, 5) is 17.5. The van der Waals surface area contributed by atoms with Crippen LogP contribution in [-0.2, 0) is 19.4 Å². The van der Waals surface area contributed by atoms with Gasteiger partial charge in [0.25, 0.3) is 5.91 Å². The highest BCUT2D eigenvalue weighted by Gasteiger charge is 2.25. The molecule has 2 N–H and O–H groups in total. The van der Waals surface area contributed by atoms with E-state index in [9.17, 15) is 9.18 Å². The van der Waals surface area contributed by atoms with E-state index < -0.39 is 0 Å². The highest BCUT2D eigenvalue weighted by atomic mass is 19.1. The van der Waals surface area contributed by atoms with Crippen molar-refractivity contribution in [1.82, 2.24) is 30.3 Å². The third-order valence-corrected chi connectivity index (χ3v) is 5.76. The highest BCUT2D eigenvalue weighted by Crippen LogP contribution is 2.27. The van der Waals surface area contributed by atoms with Crippen LogP contribution in [0.1, 0.15) is 40.4 Å². The maximum absolute atomic E-state index is 13.4. The number of rotatable bonds is 6. The van der Waals surface area contributed by atoms with Gasteiger partial charge in [-0.15, -0.1) is 0 Å². The van der Waals surface area contributed by atoms with E-state index in [1.54, 1.807) is 23.9 Å². The number of halogens is 1. The number of ether oxygens (including phenoxy) is 1. The molecule has 0 spiro atoms. The van der Waals surface area contributed by atoms with Crippen LogP contribution in [0.15, 0.2) is 48.5 Å². The number of hydrogen-bond acceptors (Lipinski definition) is 5. The standard InChI is InChI=1S/C24H23FN6O2/c1-33-18-12-6-15(7-13-18)23-27-21(28-29-23)14-26-24(32)22-19-4-2-3-5-20(19)31(30-22)17-10-8-16(25)9-11-17/h6-13H,2-5,14H2,1H3,(H,26,32)(H,27,28,29). The van der Waals surface area contributed by atoms with Crippen molar-refractivity contribution in [1.29, 1.82) is 0 Å². The summed E-state index contributed by atoms with van der Waals surface area (Å²) in [5.41, 5.74) is 3.97. The molecule has 1 aliphatic carbocycles. The zero-order valence-electron chi connectivity index (χ0n) is 18.1. The Morgan fingerprint density at radius 3 is 2.64 bits per heavy atom. The summed E-state index contributed by atoms with van der Waals surface area (Å²) in [5, 5.41) is 14.6. The number of nitrogens with zero attached hydrogens (tertiary/aromatic N) is 4. The largest absolute Gasteiger partial charge is 0.497 e. The Morgan fingerprint density at radius 1 is 1.12 bits per heavy atom. The van der Waals surface area contributed by atoms with Crippen LogP contribution in [0, 0.1) is 5.82 Å². The summed E-state index contributed by atoms with van der Waals surface area (Å²) in [6.45, 7) is 0.195. The van der Waals surface area contributed by atoms with Gasteiger partial charge in [-0.25, -0.2) is 14.1 Å². The minimum Gasteiger partial charge on any atom is -0.497 e. The molecule has 0 saturated carbocycles. The van der Waals surface area contributed by atoms with Crippen molar-refractivity contribution >= 4 is 5.91 Å². The van der Waals surface area contributed by atoms with Gasteiger partial charge >= 0.3 is 0 Å². The summed E-state index contributed by atoms with van der Waals surface area (Å²) < 4.78 is 20.3. The van der Waals surface area contributed by atoms with Gasteiger partial charge in [-0.2, -0.15) is 10.2 Å². The molecule has 0 radical (unpaired) electrons. The van der Waals surface area contributed by atoms with Crippen molar-refractivity contribution in [3.8, 4) is 22.8 Å². The second-order valence-corrected chi connectivity index (χ2v) is 7.89. The molecule has 33 heavy (non-hydrogen) atoms. The number of methoxy groups -OCH3 is 1. The van der Waals surface area contributed by atoms with Gasteiger partial charge in [0.1, 0.15) is 17.4 Å². The Balaban J connectivity index is 1.33. The first-order valence-corrected chi connectivity index (χ1v) is 10.8. The number of H-pyrrole nitrogens is 1. The van der Waals surface area contributed by atoms with E-state index in [2.05, 4.69) is 25.6 Å². The van der Waals surface area contributed by atoms with E-state index in [0.29, 0.717) is 17.3 Å². The Kier molecular flexibility index (Phi) is 5.60. The lowest BCUT2D eigenvalue weighted by molar-refractivity contribution is 0.0943. The number of nitrogens with one attached hydrogen (secondary N) is 2. The first-order valence-electron chi connectivity index (χ1n) is 10.8. The monoisotopic (exact) mass is 446 g/mol. The number of carbonyl (C=O) groups excluding carboxylic acids is 1. The van der Waals surface area contributed by atoms with Crippen molar-refractivity contribution < 1.29 is 13.9 Å². The van der Waals surface area contributed by atoms with Crippen LogP contribution in [0.25, 0.3) is 17.1 Å². The van der Waals surface area contributed by atoms with Crippen molar-refractivity contribution in [2.24, 2.45) is 0 Å². The molecule has 1 aliphatic rings. The number of amides is 1. The van der Waals surface area contributed by atoms with Gasteiger partial charge < -0.3 is 10.1 Å². The molecule has 0 bridgehead atoms. The van der Waals surface area contributed by atoms with Gasteiger partial charge in [0.05, 0.1) is 19.3 Å². The van der Waals surface area contributed by atoms with Gasteiger partial charge in [0.15, 0.2) is 11.5 Å². The third kappa shape index (κ3) is 4.21. The first-order chi connectivity index (χ1) is 16.1. The predicted molar refractivity (Wildman–Crippen MR) is 120 cm³/mol. The molecule has 2 aromatic heterocycles. The van der Waals surface area contributed by atoms with E-state index in [-0.39, 0.29) is 18.3 Å². The lowest BCUT2D eigenvalue weighted by Crippen LogP contribution is -2.25. The summed E-state index contributed by atoms with van der Waals surface area (Å²) in [7, 11) is 1.61. The number of benzene rings is 2. The maximum Gasteiger partial charge on any atom is 0.272 e. The predicted octanol–water partition coefficient (Wildman–Crippen LogP) is 3.61. The van der Waals surface area contributed by atoms with Gasteiger partial charge in [0.2, 0.25) is 0 Å². The minimum atomic E-state index is -0.307. The van der Waals surface area contributed by atoms with Gasteiger partial charge in [-0.1, -0.05) is 0 Å². The molecule has 0 aliphatic heterocycles. The summed E-state index contributed by atoms with van der Waals surface area (Å²) in [6, 6.07) is 13.6. The summed E-state index contributed by atoms with van der Waals surface area (Å²) in [6.07, 6.45) is 3.67. The molecular formula is C24H23FN6O2. The number of aromatic nitrogens is 5. The van der Waals surface area contributed by atoms with Gasteiger partial charge in [0, 0.05) is 16.8 Å². The highest BCUT2D eigenvalue weighted by molar-refractivity contribution is 5.94. The smallest absolute Gasteiger partial charge is 0.272 e. The van der Waals surface area contributed by atoms with Crippen LogP contribution in [0.2, 0.25) is 0 Å². The zero-order valence-corrected chi connectivity index (χ0v) is 18.1. The Hall–Kier alpha value is -4.01. The van der Waals surface area contributed by atoms with Crippen LogP contribution in [0.4, 0.5) is 4.39 Å². The average molecular weight is 446 g/mol. The number of carbonyl (C=O) groups is 1. The van der Waals surface area contributed by atoms with Crippen LogP contribution < -0.4 is 10.1 Å². The topological polar surface area (TPSA) is 97.7 Å². The zero-order chi connectivity index (χ0) is 22.8. The first kappa shape index (κ1) is 20.9. The van der Waals surface area contributed by atoms with Crippen LogP contribution in [0.5, 0.6) is 5.75 Å². The molecule has 0 fully saturated rings. The molecule has 9 heteroatoms. The molecule has 0 unspecified atom stereocenters. The van der Waals surface area contributed by atoms with E-state index in [0.717, 1.165) is 53.9 Å². The molecular weight excluding hydrogens is 423 g/mol. The van der Waals surface area contributed by atoms with E-state index in [1.807, 2.05) is 24.3 Å². The molecule has 0 saturated heterocycles. The van der Waals surface area contributed by atoms with Crippen molar-refractivity contribution in [2.75, 3.05) is 7.11 Å². The van der Waals surface area contributed by atoms with Gasteiger partial charge in [-0.05, 0) is 74.2 Å². The quantitative estimate of drug-likeness (QED) is 0.472. The fourth-order valence-corrected chi connectivity index (χ4v) is 4.07. The SMILES string of the molecule is COc1ccc(-c2n[nH]c(CNC(=O)c3nn(-c4ccc(F)cc4)c4c3CCCC4)n2)cc1. The third-order valence-electron chi connectivity index (χ3n) is 5.76. The summed E-state index contributed by atoms with van der Waals surface area (Å²) in [5.74, 6) is 1.27. The van der Waals surface area contributed by atoms with E-state index in [4.69, 9.17) is 4.74 Å². The average Bonchev–Trinajstić information content (AvgIpc) is 3.49. The number of fused-ring (bicyclic) bond motifs is 1. The molecule has 1 amide bonds. The van der Waals surface area contributed by atoms with Crippen molar-refractivity contribution in [2.45, 2.75) is 32.2 Å². The van der Waals surface area contributed by atoms with Crippen molar-refractivity contribution in [3.05, 3.63) is 77.1 Å². The van der Waals surface area contributed by atoms with Crippen LogP contribution in [0.3, 0.4) is 0 Å². The molecule has 4 aromatic rings. The molecule has 0 atom stereocenters. The molecule has 5 rings (SSSR count). The Bertz CT molecular complexity index is 1280. The summed E-state index contributed by atoms with van der Waals surface area (Å²) >= 11 is 0. The van der Waals surface area contributed by atoms with Crippen molar-refractivity contribution in [3.63, 3.8) is 0 Å². The van der Waals surface area contributed by atoms with Crippen LogP contribution in [-0.4, -0.2) is 38.0 Å². The number of hydrogen-bond donors (Lipinski definition) is 2. The Labute approximate surface area is 189 Å². The van der Waals surface area contributed by atoms with E-state index in [1.165, 1.54) is 12.1 Å². The fraction of sp³-hybridized carbons (Fsp3) is 0.250. The van der Waals surface area contributed by atoms with Gasteiger partial charge in [-0.3, -0.25) is 9.89 Å². The lowest BCUT2D eigenvalue weighted by atomic mass is 9.95. The normalized spacial score (nSPS) is 12.9. The van der Waals surface area contributed by atoms with E-state index >= 15 is 0 Å². The van der Waals surface area contributed by atoms with Crippen LogP contribution >= 0.6 is 0 Å². The Morgan fingerprint density at radius 2 is 1.88 bits per heavy atom. The molecule has 2 aromatic carbocycles.